The lowest BCUT2D eigenvalue weighted by atomic mass is 10.4. The Labute approximate surface area is 121 Å². The molecule has 0 spiro atoms. The van der Waals surface area contributed by atoms with E-state index in [0.29, 0.717) is 22.8 Å². The van der Waals surface area contributed by atoms with Crippen LogP contribution in [0.2, 0.25) is 5.15 Å². The maximum atomic E-state index is 5.95. The third-order valence-corrected chi connectivity index (χ3v) is 5.45. The first-order valence-electron chi connectivity index (χ1n) is 5.73. The van der Waals surface area contributed by atoms with Gasteiger partial charge in [-0.2, -0.15) is 23.5 Å². The van der Waals surface area contributed by atoms with Gasteiger partial charge in [-0.25, -0.2) is 9.97 Å². The molecule has 1 fully saturated rings. The van der Waals surface area contributed by atoms with Crippen molar-refractivity contribution in [2.24, 2.45) is 0 Å². The molecule has 7 heteroatoms. The minimum Gasteiger partial charge on any atom is -0.377 e. The van der Waals surface area contributed by atoms with Crippen LogP contribution in [0.25, 0.3) is 0 Å². The highest BCUT2D eigenvalue weighted by atomic mass is 35.5. The zero-order chi connectivity index (χ0) is 12.8. The summed E-state index contributed by atoms with van der Waals surface area (Å²) in [6, 6.07) is 1.75. The zero-order valence-corrected chi connectivity index (χ0v) is 12.6. The molecule has 4 nitrogen and oxygen atoms in total. The second-order valence-corrected chi connectivity index (χ2v) is 6.82. The number of methoxy groups -OCH3 is 1. The molecule has 1 saturated heterocycles. The minimum atomic E-state index is 0.378. The van der Waals surface area contributed by atoms with Crippen LogP contribution in [0.1, 0.15) is 5.82 Å². The summed E-state index contributed by atoms with van der Waals surface area (Å²) in [5, 5.41) is 4.42. The summed E-state index contributed by atoms with van der Waals surface area (Å²) >= 11 is 9.98. The van der Waals surface area contributed by atoms with Gasteiger partial charge < -0.3 is 10.1 Å². The molecule has 1 atom stereocenters. The molecule has 1 aliphatic rings. The van der Waals surface area contributed by atoms with Crippen LogP contribution in [0.5, 0.6) is 0 Å². The zero-order valence-electron chi connectivity index (χ0n) is 10.2. The molecule has 2 rings (SSSR count). The molecule has 2 heterocycles. The molecule has 0 amide bonds. The molecule has 0 saturated carbocycles. The van der Waals surface area contributed by atoms with E-state index in [2.05, 4.69) is 15.3 Å². The molecule has 18 heavy (non-hydrogen) atoms. The van der Waals surface area contributed by atoms with Gasteiger partial charge in [0.25, 0.3) is 0 Å². The number of hydrogen-bond donors (Lipinski definition) is 1. The summed E-state index contributed by atoms with van der Waals surface area (Å²) in [6.07, 6.45) is 0. The van der Waals surface area contributed by atoms with Crippen molar-refractivity contribution in [3.8, 4) is 0 Å². The van der Waals surface area contributed by atoms with Crippen LogP contribution in [-0.4, -0.2) is 46.1 Å². The van der Waals surface area contributed by atoms with Crippen LogP contribution in [0.3, 0.4) is 0 Å². The van der Waals surface area contributed by atoms with Gasteiger partial charge in [0.15, 0.2) is 5.82 Å². The highest BCUT2D eigenvalue weighted by Gasteiger charge is 2.14. The Bertz CT molecular complexity index is 389. The van der Waals surface area contributed by atoms with Gasteiger partial charge >= 0.3 is 0 Å². The smallest absolute Gasteiger partial charge is 0.158 e. The van der Waals surface area contributed by atoms with E-state index in [1.54, 1.807) is 13.2 Å². The van der Waals surface area contributed by atoms with E-state index in [-0.39, 0.29) is 0 Å². The molecule has 1 aromatic rings. The van der Waals surface area contributed by atoms with Gasteiger partial charge in [-0.1, -0.05) is 11.6 Å². The lowest BCUT2D eigenvalue weighted by Crippen LogP contribution is -2.23. The summed E-state index contributed by atoms with van der Waals surface area (Å²) in [5.74, 6) is 5.08. The van der Waals surface area contributed by atoms with Gasteiger partial charge in [-0.15, -0.1) is 0 Å². The number of aromatic nitrogens is 2. The average Bonchev–Trinajstić information content (AvgIpc) is 2.37. The summed E-state index contributed by atoms with van der Waals surface area (Å²) in [6.45, 7) is 1.29. The van der Waals surface area contributed by atoms with Crippen LogP contribution in [0.15, 0.2) is 6.07 Å². The number of nitrogens with one attached hydrogen (secondary N) is 1. The Hall–Kier alpha value is -0.170. The Kier molecular flexibility index (Phi) is 5.88. The second kappa shape index (κ2) is 7.43. The fraction of sp³-hybridized carbons (Fsp3) is 0.636. The Morgan fingerprint density at radius 3 is 3.11 bits per heavy atom. The van der Waals surface area contributed by atoms with E-state index in [0.717, 1.165) is 12.4 Å². The van der Waals surface area contributed by atoms with Gasteiger partial charge in [0.1, 0.15) is 17.6 Å². The molecule has 0 aliphatic carbocycles. The predicted octanol–water partition coefficient (Wildman–Crippen LogP) is 2.54. The number of ether oxygens (including phenoxy) is 1. The number of rotatable bonds is 5. The molecule has 0 aromatic carbocycles. The van der Waals surface area contributed by atoms with Gasteiger partial charge in [-0.3, -0.25) is 0 Å². The van der Waals surface area contributed by atoms with E-state index in [9.17, 15) is 0 Å². The van der Waals surface area contributed by atoms with Gasteiger partial charge in [0, 0.05) is 42.2 Å². The Balaban J connectivity index is 1.91. The van der Waals surface area contributed by atoms with E-state index in [4.69, 9.17) is 16.3 Å². The van der Waals surface area contributed by atoms with Crippen LogP contribution in [0, 0.1) is 0 Å². The monoisotopic (exact) mass is 305 g/mol. The highest BCUT2D eigenvalue weighted by molar-refractivity contribution is 8.06. The van der Waals surface area contributed by atoms with Crippen LogP contribution in [-0.2, 0) is 11.3 Å². The summed E-state index contributed by atoms with van der Waals surface area (Å²) < 4.78 is 5.01. The first kappa shape index (κ1) is 14.2. The van der Waals surface area contributed by atoms with Gasteiger partial charge in [-0.05, 0) is 0 Å². The highest BCUT2D eigenvalue weighted by Crippen LogP contribution is 2.24. The largest absolute Gasteiger partial charge is 0.377 e. The Morgan fingerprint density at radius 2 is 2.39 bits per heavy atom. The van der Waals surface area contributed by atoms with Crippen molar-refractivity contribution in [3.05, 3.63) is 17.0 Å². The first-order valence-corrected chi connectivity index (χ1v) is 8.31. The van der Waals surface area contributed by atoms with E-state index in [1.165, 1.54) is 17.3 Å². The van der Waals surface area contributed by atoms with Crippen LogP contribution >= 0.6 is 35.1 Å². The topological polar surface area (TPSA) is 47.0 Å². The lowest BCUT2D eigenvalue weighted by Gasteiger charge is -2.21. The molecule has 1 N–H and O–H groups in total. The molecule has 0 bridgehead atoms. The Morgan fingerprint density at radius 1 is 1.50 bits per heavy atom. The standard InChI is InChI=1S/C11H16ClN3OS2/c1-16-6-11-14-9(12)4-10(15-11)13-5-8-7-17-2-3-18-8/h4,8H,2-3,5-7H2,1H3,(H,13,14,15). The normalized spacial score (nSPS) is 19.8. The second-order valence-electron chi connectivity index (χ2n) is 3.87. The molecular weight excluding hydrogens is 290 g/mol. The average molecular weight is 306 g/mol. The van der Waals surface area contributed by atoms with Crippen molar-refractivity contribution in [1.29, 1.82) is 0 Å². The molecule has 1 aliphatic heterocycles. The lowest BCUT2D eigenvalue weighted by molar-refractivity contribution is 0.178. The van der Waals surface area contributed by atoms with E-state index < -0.39 is 0 Å². The predicted molar refractivity (Wildman–Crippen MR) is 79.8 cm³/mol. The quantitative estimate of drug-likeness (QED) is 0.844. The fourth-order valence-electron chi connectivity index (χ4n) is 1.62. The number of anilines is 1. The van der Waals surface area contributed by atoms with Gasteiger partial charge in [0.2, 0.25) is 0 Å². The SMILES string of the molecule is COCc1nc(Cl)cc(NCC2CSCCS2)n1. The van der Waals surface area contributed by atoms with Crippen LogP contribution in [0.4, 0.5) is 5.82 Å². The van der Waals surface area contributed by atoms with Crippen molar-refractivity contribution in [2.45, 2.75) is 11.9 Å². The third kappa shape index (κ3) is 4.50. The van der Waals surface area contributed by atoms with Crippen molar-refractivity contribution in [3.63, 3.8) is 0 Å². The molecule has 0 radical (unpaired) electrons. The molecule has 100 valence electrons. The van der Waals surface area contributed by atoms with Crippen molar-refractivity contribution < 1.29 is 4.74 Å². The van der Waals surface area contributed by atoms with E-state index >= 15 is 0 Å². The third-order valence-electron chi connectivity index (χ3n) is 2.41. The summed E-state index contributed by atoms with van der Waals surface area (Å²) in [7, 11) is 1.62. The number of thioether (sulfide) groups is 2. The van der Waals surface area contributed by atoms with Crippen LogP contribution < -0.4 is 5.32 Å². The maximum Gasteiger partial charge on any atom is 0.158 e. The number of halogens is 1. The molecule has 1 unspecified atom stereocenters. The van der Waals surface area contributed by atoms with E-state index in [1.807, 2.05) is 23.5 Å². The summed E-state index contributed by atoms with van der Waals surface area (Å²) in [5.41, 5.74) is 0. The van der Waals surface area contributed by atoms with Crippen molar-refractivity contribution in [1.82, 2.24) is 9.97 Å². The van der Waals surface area contributed by atoms with Gasteiger partial charge in [0.05, 0.1) is 0 Å². The maximum absolute atomic E-state index is 5.95. The van der Waals surface area contributed by atoms with Crippen molar-refractivity contribution in [2.75, 3.05) is 36.2 Å². The first-order chi connectivity index (χ1) is 8.78. The fourth-order valence-corrected chi connectivity index (χ4v) is 4.43. The molecular formula is C11H16ClN3OS2. The summed E-state index contributed by atoms with van der Waals surface area (Å²) in [4.78, 5) is 8.46. The molecule has 1 aromatic heterocycles. The van der Waals surface area contributed by atoms with Crippen molar-refractivity contribution >= 4 is 40.9 Å². The minimum absolute atomic E-state index is 0.378. The number of hydrogen-bond acceptors (Lipinski definition) is 6. The number of nitrogens with zero attached hydrogens (tertiary/aromatic N) is 2.